The molecule has 0 saturated carbocycles. The molecule has 0 aliphatic rings. The molecular weight excluding hydrogens is 335 g/mol. The van der Waals surface area contributed by atoms with Gasteiger partial charge in [-0.15, -0.1) is 0 Å². The van der Waals surface area contributed by atoms with E-state index in [0.717, 1.165) is 12.1 Å². The molecule has 0 radical (unpaired) electrons. The monoisotopic (exact) mass is 356 g/mol. The molecule has 2 rings (SSSR count). The molecule has 0 saturated heterocycles. The number of ketones is 2. The van der Waals surface area contributed by atoms with Crippen molar-refractivity contribution in [3.05, 3.63) is 71.5 Å². The fourth-order valence-corrected chi connectivity index (χ4v) is 2.94. The molecule has 2 unspecified atom stereocenters. The van der Waals surface area contributed by atoms with Gasteiger partial charge in [-0.1, -0.05) is 44.2 Å². The first-order valence-electron chi connectivity index (χ1n) is 8.41. The lowest BCUT2D eigenvalue weighted by Crippen LogP contribution is -2.35. The summed E-state index contributed by atoms with van der Waals surface area (Å²) in [6.45, 7) is 3.63. The average Bonchev–Trinajstić information content (AvgIpc) is 2.59. The Morgan fingerprint density at radius 2 is 1.54 bits per heavy atom. The van der Waals surface area contributed by atoms with Crippen molar-refractivity contribution in [1.29, 1.82) is 0 Å². The van der Waals surface area contributed by atoms with Crippen LogP contribution in [0.1, 0.15) is 42.1 Å². The van der Waals surface area contributed by atoms with Crippen molar-refractivity contribution in [3.8, 4) is 0 Å². The van der Waals surface area contributed by atoms with E-state index in [1.165, 1.54) is 12.1 Å². The Labute approximate surface area is 151 Å². The standard InChI is InChI=1S/C21H21FO4/c1-13(2)12-17(23)19(21(25)26)18(14-6-4-3-5-7-14)20(24)15-8-10-16(22)11-9-15/h3-11,13,18-19H,12H2,1-2H3,(H,25,26). The van der Waals surface area contributed by atoms with E-state index in [1.54, 1.807) is 30.3 Å². The molecule has 0 spiro atoms. The lowest BCUT2D eigenvalue weighted by atomic mass is 9.77. The molecule has 0 fully saturated rings. The van der Waals surface area contributed by atoms with E-state index in [-0.39, 0.29) is 17.9 Å². The number of carboxylic acid groups (broad SMARTS) is 1. The number of rotatable bonds is 8. The number of carboxylic acids is 1. The van der Waals surface area contributed by atoms with Gasteiger partial charge in [0.05, 0.1) is 5.92 Å². The molecule has 0 aliphatic heterocycles. The predicted octanol–water partition coefficient (Wildman–Crippen LogP) is 4.11. The summed E-state index contributed by atoms with van der Waals surface area (Å²) >= 11 is 0. The van der Waals surface area contributed by atoms with Gasteiger partial charge >= 0.3 is 5.97 Å². The van der Waals surface area contributed by atoms with Crippen LogP contribution in [-0.4, -0.2) is 22.6 Å². The van der Waals surface area contributed by atoms with Crippen molar-refractivity contribution >= 4 is 17.5 Å². The summed E-state index contributed by atoms with van der Waals surface area (Å²) in [6.07, 6.45) is 0.0665. The molecule has 0 aliphatic carbocycles. The van der Waals surface area contributed by atoms with Crippen molar-refractivity contribution in [3.63, 3.8) is 0 Å². The first-order chi connectivity index (χ1) is 12.3. The first kappa shape index (κ1) is 19.5. The zero-order valence-electron chi connectivity index (χ0n) is 14.7. The van der Waals surface area contributed by atoms with Crippen LogP contribution in [0.4, 0.5) is 4.39 Å². The maximum atomic E-state index is 13.2. The summed E-state index contributed by atoms with van der Waals surface area (Å²) < 4.78 is 13.2. The Kier molecular flexibility index (Phi) is 6.39. The number of carbonyl (C=O) groups excluding carboxylic acids is 2. The van der Waals surface area contributed by atoms with E-state index in [1.807, 2.05) is 13.8 Å². The summed E-state index contributed by atoms with van der Waals surface area (Å²) in [4.78, 5) is 37.6. The second-order valence-corrected chi connectivity index (χ2v) is 6.64. The molecule has 0 aromatic heterocycles. The highest BCUT2D eigenvalue weighted by Crippen LogP contribution is 2.31. The van der Waals surface area contributed by atoms with Gasteiger partial charge in [0, 0.05) is 12.0 Å². The van der Waals surface area contributed by atoms with E-state index in [0.29, 0.717) is 5.56 Å². The SMILES string of the molecule is CC(C)CC(=O)C(C(=O)O)C(C(=O)c1ccc(F)cc1)c1ccccc1. The Bertz CT molecular complexity index is 781. The quantitative estimate of drug-likeness (QED) is 0.571. The summed E-state index contributed by atoms with van der Waals surface area (Å²) in [5.41, 5.74) is 0.621. The van der Waals surface area contributed by atoms with Gasteiger partial charge < -0.3 is 5.11 Å². The second-order valence-electron chi connectivity index (χ2n) is 6.64. The minimum Gasteiger partial charge on any atom is -0.481 e. The maximum Gasteiger partial charge on any atom is 0.315 e. The number of hydrogen-bond donors (Lipinski definition) is 1. The fourth-order valence-electron chi connectivity index (χ4n) is 2.94. The highest BCUT2D eigenvalue weighted by molar-refractivity contribution is 6.10. The zero-order valence-corrected chi connectivity index (χ0v) is 14.7. The van der Waals surface area contributed by atoms with Gasteiger partial charge in [-0.3, -0.25) is 14.4 Å². The third-order valence-electron chi connectivity index (χ3n) is 4.13. The van der Waals surface area contributed by atoms with Crippen LogP contribution in [0.25, 0.3) is 0 Å². The molecule has 5 heteroatoms. The molecule has 2 aromatic rings. The fraction of sp³-hybridized carbons (Fsp3) is 0.286. The molecule has 0 bridgehead atoms. The van der Waals surface area contributed by atoms with Gasteiger partial charge in [-0.25, -0.2) is 4.39 Å². The van der Waals surface area contributed by atoms with E-state index in [4.69, 9.17) is 0 Å². The molecule has 2 atom stereocenters. The average molecular weight is 356 g/mol. The van der Waals surface area contributed by atoms with Crippen LogP contribution < -0.4 is 0 Å². The van der Waals surface area contributed by atoms with Gasteiger partial charge in [0.2, 0.25) is 0 Å². The summed E-state index contributed by atoms with van der Waals surface area (Å²) in [5, 5.41) is 9.70. The molecule has 26 heavy (non-hydrogen) atoms. The number of halogens is 1. The van der Waals surface area contributed by atoms with Crippen LogP contribution in [0.5, 0.6) is 0 Å². The maximum absolute atomic E-state index is 13.2. The van der Waals surface area contributed by atoms with Gasteiger partial charge in [-0.05, 0) is 35.7 Å². The van der Waals surface area contributed by atoms with E-state index in [2.05, 4.69) is 0 Å². The van der Waals surface area contributed by atoms with E-state index < -0.39 is 35.2 Å². The van der Waals surface area contributed by atoms with Crippen molar-refractivity contribution in [2.75, 3.05) is 0 Å². The van der Waals surface area contributed by atoms with Crippen LogP contribution in [0.3, 0.4) is 0 Å². The van der Waals surface area contributed by atoms with E-state index in [9.17, 15) is 23.9 Å². The third kappa shape index (κ3) is 4.63. The second kappa shape index (κ2) is 8.52. The predicted molar refractivity (Wildman–Crippen MR) is 95.5 cm³/mol. The number of benzene rings is 2. The molecular formula is C21H21FO4. The van der Waals surface area contributed by atoms with Crippen LogP contribution in [-0.2, 0) is 9.59 Å². The topological polar surface area (TPSA) is 71.4 Å². The Hall–Kier alpha value is -2.82. The lowest BCUT2D eigenvalue weighted by Gasteiger charge is -2.23. The lowest BCUT2D eigenvalue weighted by molar-refractivity contribution is -0.147. The number of carbonyl (C=O) groups is 3. The summed E-state index contributed by atoms with van der Waals surface area (Å²) in [6, 6.07) is 13.3. The molecule has 136 valence electrons. The minimum absolute atomic E-state index is 0.0262. The Morgan fingerprint density at radius 1 is 0.962 bits per heavy atom. The van der Waals surface area contributed by atoms with Crippen LogP contribution in [0, 0.1) is 17.7 Å². The number of Topliss-reactive ketones (excluding diaryl/α,β-unsaturated/α-hetero) is 2. The van der Waals surface area contributed by atoms with Crippen molar-refractivity contribution in [1.82, 2.24) is 0 Å². The highest BCUT2D eigenvalue weighted by Gasteiger charge is 2.40. The van der Waals surface area contributed by atoms with Crippen molar-refractivity contribution in [2.45, 2.75) is 26.2 Å². The first-order valence-corrected chi connectivity index (χ1v) is 8.41. The minimum atomic E-state index is -1.49. The molecule has 1 N–H and O–H groups in total. The van der Waals surface area contributed by atoms with Crippen LogP contribution >= 0.6 is 0 Å². The number of hydrogen-bond acceptors (Lipinski definition) is 3. The van der Waals surface area contributed by atoms with Crippen molar-refractivity contribution in [2.24, 2.45) is 11.8 Å². The van der Waals surface area contributed by atoms with Crippen LogP contribution in [0.15, 0.2) is 54.6 Å². The molecule has 0 amide bonds. The zero-order chi connectivity index (χ0) is 19.3. The van der Waals surface area contributed by atoms with Gasteiger partial charge in [0.1, 0.15) is 17.5 Å². The summed E-state index contributed by atoms with van der Waals surface area (Å²) in [5.74, 6) is -5.51. The van der Waals surface area contributed by atoms with E-state index >= 15 is 0 Å². The van der Waals surface area contributed by atoms with Crippen molar-refractivity contribution < 1.29 is 23.9 Å². The normalized spacial score (nSPS) is 13.2. The highest BCUT2D eigenvalue weighted by atomic mass is 19.1. The Morgan fingerprint density at radius 3 is 2.04 bits per heavy atom. The van der Waals surface area contributed by atoms with Gasteiger partial charge in [0.15, 0.2) is 5.78 Å². The van der Waals surface area contributed by atoms with Gasteiger partial charge in [-0.2, -0.15) is 0 Å². The molecule has 2 aromatic carbocycles. The largest absolute Gasteiger partial charge is 0.481 e. The van der Waals surface area contributed by atoms with Gasteiger partial charge in [0.25, 0.3) is 0 Å². The molecule has 4 nitrogen and oxygen atoms in total. The van der Waals surface area contributed by atoms with Crippen LogP contribution in [0.2, 0.25) is 0 Å². The summed E-state index contributed by atoms with van der Waals surface area (Å²) in [7, 11) is 0. The Balaban J connectivity index is 2.52. The number of aliphatic carboxylic acids is 1. The third-order valence-corrected chi connectivity index (χ3v) is 4.13. The molecule has 0 heterocycles. The smallest absolute Gasteiger partial charge is 0.315 e.